The third kappa shape index (κ3) is 1.84. The number of aromatic amines is 1. The second-order valence-corrected chi connectivity index (χ2v) is 4.78. The molecule has 0 aliphatic heterocycles. The van der Waals surface area contributed by atoms with Gasteiger partial charge >= 0.3 is 0 Å². The molecule has 1 N–H and O–H groups in total. The van der Waals surface area contributed by atoms with E-state index in [9.17, 15) is 4.79 Å². The molecule has 1 aromatic heterocycles. The van der Waals surface area contributed by atoms with E-state index in [1.165, 1.54) is 5.56 Å². The van der Waals surface area contributed by atoms with E-state index in [0.29, 0.717) is 5.92 Å². The second kappa shape index (κ2) is 3.81. The zero-order chi connectivity index (χ0) is 11.0. The van der Waals surface area contributed by atoms with Crippen LogP contribution in [-0.4, -0.2) is 4.98 Å². The first-order chi connectivity index (χ1) is 7.09. The molecule has 0 amide bonds. The molecule has 0 saturated heterocycles. The molecule has 15 heavy (non-hydrogen) atoms. The fourth-order valence-corrected chi connectivity index (χ4v) is 2.06. The van der Waals surface area contributed by atoms with Crippen molar-refractivity contribution in [1.82, 2.24) is 4.98 Å². The van der Waals surface area contributed by atoms with Gasteiger partial charge in [-0.2, -0.15) is 0 Å². The van der Waals surface area contributed by atoms with Crippen molar-refractivity contribution >= 4 is 26.7 Å². The van der Waals surface area contributed by atoms with Crippen molar-refractivity contribution in [2.24, 2.45) is 0 Å². The first-order valence-electron chi connectivity index (χ1n) is 4.90. The van der Waals surface area contributed by atoms with E-state index in [0.717, 1.165) is 15.2 Å². The summed E-state index contributed by atoms with van der Waals surface area (Å²) in [5.41, 5.74) is 1.15. The van der Waals surface area contributed by atoms with Crippen molar-refractivity contribution in [3.63, 3.8) is 0 Å². The average molecular weight is 266 g/mol. The molecule has 0 aliphatic rings. The van der Waals surface area contributed by atoms with Gasteiger partial charge in [-0.1, -0.05) is 26.0 Å². The summed E-state index contributed by atoms with van der Waals surface area (Å²) in [6.07, 6.45) is 1.68. The van der Waals surface area contributed by atoms with Gasteiger partial charge in [0.25, 0.3) is 5.56 Å². The van der Waals surface area contributed by atoms with Crippen LogP contribution in [0.3, 0.4) is 0 Å². The number of nitrogens with one attached hydrogen (secondary N) is 1. The van der Waals surface area contributed by atoms with Crippen LogP contribution in [0.4, 0.5) is 0 Å². The summed E-state index contributed by atoms with van der Waals surface area (Å²) < 4.78 is 0.924. The van der Waals surface area contributed by atoms with Gasteiger partial charge in [0.2, 0.25) is 0 Å². The summed E-state index contributed by atoms with van der Waals surface area (Å²) in [4.78, 5) is 14.3. The van der Waals surface area contributed by atoms with Crippen LogP contribution >= 0.6 is 15.9 Å². The molecule has 1 heterocycles. The Bertz CT molecular complexity index is 557. The number of fused-ring (bicyclic) bond motifs is 1. The van der Waals surface area contributed by atoms with Crippen LogP contribution in [-0.2, 0) is 0 Å². The molecule has 78 valence electrons. The summed E-state index contributed by atoms with van der Waals surface area (Å²) in [6.45, 7) is 4.24. The minimum Gasteiger partial charge on any atom is -0.327 e. The number of hydrogen-bond donors (Lipinski definition) is 1. The molecular formula is C12H12BrNO. The zero-order valence-corrected chi connectivity index (χ0v) is 10.3. The van der Waals surface area contributed by atoms with E-state index in [2.05, 4.69) is 40.8 Å². The summed E-state index contributed by atoms with van der Waals surface area (Å²) >= 11 is 3.42. The Labute approximate surface area is 96.5 Å². The van der Waals surface area contributed by atoms with Gasteiger partial charge in [0.05, 0.1) is 0 Å². The highest BCUT2D eigenvalue weighted by molar-refractivity contribution is 9.10. The highest BCUT2D eigenvalue weighted by Crippen LogP contribution is 2.24. The van der Waals surface area contributed by atoms with Gasteiger partial charge in [-0.3, -0.25) is 4.79 Å². The van der Waals surface area contributed by atoms with Crippen LogP contribution in [0.5, 0.6) is 0 Å². The molecule has 0 radical (unpaired) electrons. The highest BCUT2D eigenvalue weighted by Gasteiger charge is 2.05. The average Bonchev–Trinajstić information content (AvgIpc) is 2.23. The van der Waals surface area contributed by atoms with Crippen molar-refractivity contribution < 1.29 is 0 Å². The number of benzene rings is 1. The summed E-state index contributed by atoms with van der Waals surface area (Å²) in [5.74, 6) is 0.438. The zero-order valence-electron chi connectivity index (χ0n) is 8.67. The lowest BCUT2D eigenvalue weighted by molar-refractivity contribution is 0.868. The molecule has 0 atom stereocenters. The van der Waals surface area contributed by atoms with Crippen LogP contribution in [0.25, 0.3) is 10.8 Å². The Hall–Kier alpha value is -1.09. The lowest BCUT2D eigenvalue weighted by Gasteiger charge is -2.07. The van der Waals surface area contributed by atoms with Gasteiger partial charge in [-0.25, -0.2) is 0 Å². The Balaban J connectivity index is 2.82. The highest BCUT2D eigenvalue weighted by atomic mass is 79.9. The maximum atomic E-state index is 11.6. The minimum atomic E-state index is -0.0318. The molecule has 0 aliphatic carbocycles. The normalized spacial score (nSPS) is 11.2. The second-order valence-electron chi connectivity index (χ2n) is 3.93. The monoisotopic (exact) mass is 265 g/mol. The number of hydrogen-bond acceptors (Lipinski definition) is 1. The molecule has 2 rings (SSSR count). The third-order valence-electron chi connectivity index (χ3n) is 2.54. The molecule has 0 fully saturated rings. The van der Waals surface area contributed by atoms with Crippen molar-refractivity contribution in [2.75, 3.05) is 0 Å². The van der Waals surface area contributed by atoms with E-state index in [1.54, 1.807) is 6.20 Å². The van der Waals surface area contributed by atoms with Gasteiger partial charge in [0, 0.05) is 21.4 Å². The van der Waals surface area contributed by atoms with Gasteiger partial charge in [-0.05, 0) is 33.5 Å². The number of pyridine rings is 1. The van der Waals surface area contributed by atoms with Crippen LogP contribution in [0.2, 0.25) is 0 Å². The Morgan fingerprint density at radius 2 is 2.00 bits per heavy atom. The van der Waals surface area contributed by atoms with E-state index in [4.69, 9.17) is 0 Å². The SMILES string of the molecule is CC(C)c1ccc2c(Br)c[nH]c(=O)c2c1. The first kappa shape index (κ1) is 10.4. The van der Waals surface area contributed by atoms with Gasteiger partial charge < -0.3 is 4.98 Å². The van der Waals surface area contributed by atoms with E-state index in [-0.39, 0.29) is 5.56 Å². The fourth-order valence-electron chi connectivity index (χ4n) is 1.60. The lowest BCUT2D eigenvalue weighted by atomic mass is 10.0. The minimum absolute atomic E-state index is 0.0318. The van der Waals surface area contributed by atoms with Gasteiger partial charge in [0.1, 0.15) is 0 Å². The van der Waals surface area contributed by atoms with Crippen molar-refractivity contribution in [1.29, 1.82) is 0 Å². The van der Waals surface area contributed by atoms with E-state index >= 15 is 0 Å². The lowest BCUT2D eigenvalue weighted by Crippen LogP contribution is -2.05. The van der Waals surface area contributed by atoms with Crippen LogP contribution in [0.15, 0.2) is 33.7 Å². The van der Waals surface area contributed by atoms with Crippen molar-refractivity contribution in [3.05, 3.63) is 44.8 Å². The Kier molecular flexibility index (Phi) is 2.65. The van der Waals surface area contributed by atoms with Crippen LogP contribution in [0.1, 0.15) is 25.3 Å². The molecule has 0 saturated carbocycles. The van der Waals surface area contributed by atoms with Crippen molar-refractivity contribution in [2.45, 2.75) is 19.8 Å². The van der Waals surface area contributed by atoms with Crippen LogP contribution < -0.4 is 5.56 Å². The Morgan fingerprint density at radius 3 is 2.67 bits per heavy atom. The molecule has 0 spiro atoms. The smallest absolute Gasteiger partial charge is 0.255 e. The van der Waals surface area contributed by atoms with Gasteiger partial charge in [-0.15, -0.1) is 0 Å². The maximum Gasteiger partial charge on any atom is 0.255 e. The topological polar surface area (TPSA) is 32.9 Å². The van der Waals surface area contributed by atoms with E-state index in [1.807, 2.05) is 12.1 Å². The van der Waals surface area contributed by atoms with E-state index < -0.39 is 0 Å². The van der Waals surface area contributed by atoms with Crippen molar-refractivity contribution in [3.8, 4) is 0 Å². The molecule has 1 aromatic carbocycles. The van der Waals surface area contributed by atoms with Gasteiger partial charge in [0.15, 0.2) is 0 Å². The Morgan fingerprint density at radius 1 is 1.27 bits per heavy atom. The third-order valence-corrected chi connectivity index (χ3v) is 3.20. The molecule has 0 bridgehead atoms. The molecule has 0 unspecified atom stereocenters. The predicted molar refractivity (Wildman–Crippen MR) is 66.4 cm³/mol. The largest absolute Gasteiger partial charge is 0.327 e. The predicted octanol–water partition coefficient (Wildman–Crippen LogP) is 3.41. The maximum absolute atomic E-state index is 11.6. The number of H-pyrrole nitrogens is 1. The summed E-state index contributed by atoms with van der Waals surface area (Å²) in [5, 5.41) is 1.71. The summed E-state index contributed by atoms with van der Waals surface area (Å²) in [6, 6.07) is 6.02. The quantitative estimate of drug-likeness (QED) is 0.842. The number of aromatic nitrogens is 1. The molecule has 3 heteroatoms. The number of rotatable bonds is 1. The standard InChI is InChI=1S/C12H12BrNO/c1-7(2)8-3-4-9-10(5-8)12(15)14-6-11(9)13/h3-7H,1-2H3,(H,14,15). The number of halogens is 1. The van der Waals surface area contributed by atoms with Crippen LogP contribution in [0, 0.1) is 0 Å². The fraction of sp³-hybridized carbons (Fsp3) is 0.250. The molecule has 2 aromatic rings. The first-order valence-corrected chi connectivity index (χ1v) is 5.69. The molecule has 2 nitrogen and oxygen atoms in total. The molecular weight excluding hydrogens is 254 g/mol. The summed E-state index contributed by atoms with van der Waals surface area (Å²) in [7, 11) is 0.